The van der Waals surface area contributed by atoms with E-state index < -0.39 is 6.10 Å². The van der Waals surface area contributed by atoms with Gasteiger partial charge in [-0.2, -0.15) is 0 Å². The van der Waals surface area contributed by atoms with Crippen molar-refractivity contribution in [2.24, 2.45) is 4.99 Å². The van der Waals surface area contributed by atoms with Crippen LogP contribution in [0.25, 0.3) is 0 Å². The second-order valence-electron chi connectivity index (χ2n) is 5.04. The molecule has 0 heterocycles. The van der Waals surface area contributed by atoms with Crippen LogP contribution >= 0.6 is 0 Å². The summed E-state index contributed by atoms with van der Waals surface area (Å²) in [6, 6.07) is 5.87. The van der Waals surface area contributed by atoms with Crippen molar-refractivity contribution in [2.75, 3.05) is 26.7 Å². The molecule has 1 aromatic carbocycles. The third kappa shape index (κ3) is 6.12. The molecule has 0 saturated heterocycles. The Kier molecular flexibility index (Phi) is 7.75. The third-order valence-corrected chi connectivity index (χ3v) is 3.21. The summed E-state index contributed by atoms with van der Waals surface area (Å²) in [5, 5.41) is 13.3. The normalized spacial score (nSPS) is 13.1. The summed E-state index contributed by atoms with van der Waals surface area (Å²) in [6.07, 6.45) is 1.50. The fourth-order valence-corrected chi connectivity index (χ4v) is 1.93. The Morgan fingerprint density at radius 1 is 1.33 bits per heavy atom. The van der Waals surface area contributed by atoms with Gasteiger partial charge in [0.05, 0.1) is 12.6 Å². The number of hydrogen-bond acceptors (Lipinski definition) is 2. The minimum Gasteiger partial charge on any atom is -0.386 e. The molecule has 0 spiro atoms. The van der Waals surface area contributed by atoms with Gasteiger partial charge in [-0.25, -0.2) is 4.39 Å². The lowest BCUT2D eigenvalue weighted by atomic mass is 10.1. The topological polar surface area (TPSA) is 47.9 Å². The first-order chi connectivity index (χ1) is 10.1. The largest absolute Gasteiger partial charge is 0.386 e. The van der Waals surface area contributed by atoms with Crippen LogP contribution in [0.4, 0.5) is 4.39 Å². The highest BCUT2D eigenvalue weighted by molar-refractivity contribution is 5.79. The molecule has 1 rings (SSSR count). The number of rotatable bonds is 7. The Morgan fingerprint density at radius 3 is 2.57 bits per heavy atom. The van der Waals surface area contributed by atoms with Crippen molar-refractivity contribution in [1.82, 2.24) is 10.2 Å². The van der Waals surface area contributed by atoms with Gasteiger partial charge in [0.25, 0.3) is 0 Å². The highest BCUT2D eigenvalue weighted by Gasteiger charge is 2.09. The number of guanidine groups is 1. The first-order valence-corrected chi connectivity index (χ1v) is 7.51. The zero-order chi connectivity index (χ0) is 15.7. The van der Waals surface area contributed by atoms with Crippen molar-refractivity contribution in [1.29, 1.82) is 0 Å². The van der Waals surface area contributed by atoms with Crippen molar-refractivity contribution in [3.05, 3.63) is 35.6 Å². The van der Waals surface area contributed by atoms with Gasteiger partial charge in [0, 0.05) is 20.1 Å². The molecule has 0 aliphatic rings. The minimum atomic E-state index is -0.723. The monoisotopic (exact) mass is 295 g/mol. The minimum absolute atomic E-state index is 0.254. The molecule has 4 nitrogen and oxygen atoms in total. The maximum atomic E-state index is 12.9. The van der Waals surface area contributed by atoms with Gasteiger partial charge in [0.2, 0.25) is 0 Å². The number of benzene rings is 1. The van der Waals surface area contributed by atoms with Gasteiger partial charge in [0.15, 0.2) is 5.96 Å². The van der Waals surface area contributed by atoms with Crippen molar-refractivity contribution in [3.8, 4) is 0 Å². The van der Waals surface area contributed by atoms with Gasteiger partial charge in [0.1, 0.15) is 5.82 Å². The van der Waals surface area contributed by atoms with Crippen LogP contribution in [0.5, 0.6) is 0 Å². The van der Waals surface area contributed by atoms with E-state index in [1.54, 1.807) is 12.1 Å². The summed E-state index contributed by atoms with van der Waals surface area (Å²) in [4.78, 5) is 6.51. The molecule has 2 N–H and O–H groups in total. The number of hydrogen-bond donors (Lipinski definition) is 2. The Hall–Kier alpha value is -1.62. The van der Waals surface area contributed by atoms with E-state index in [1.165, 1.54) is 12.1 Å². The predicted molar refractivity (Wildman–Crippen MR) is 84.9 cm³/mol. The number of unbranched alkanes of at least 4 members (excludes halogenated alkanes) is 1. The fraction of sp³-hybridized carbons (Fsp3) is 0.562. The van der Waals surface area contributed by atoms with Crippen LogP contribution in [0.2, 0.25) is 0 Å². The van der Waals surface area contributed by atoms with E-state index in [9.17, 15) is 9.50 Å². The second kappa shape index (κ2) is 9.34. The highest BCUT2D eigenvalue weighted by atomic mass is 19.1. The van der Waals surface area contributed by atoms with Gasteiger partial charge in [-0.15, -0.1) is 0 Å². The van der Waals surface area contributed by atoms with Crippen LogP contribution in [0.1, 0.15) is 38.4 Å². The Bertz CT molecular complexity index is 434. The lowest BCUT2D eigenvalue weighted by molar-refractivity contribution is 0.186. The second-order valence-corrected chi connectivity index (χ2v) is 5.04. The first kappa shape index (κ1) is 17.4. The van der Waals surface area contributed by atoms with Crippen LogP contribution < -0.4 is 5.32 Å². The summed E-state index contributed by atoms with van der Waals surface area (Å²) in [6.45, 7) is 6.12. The van der Waals surface area contributed by atoms with E-state index in [2.05, 4.69) is 22.1 Å². The number of aliphatic hydroxyl groups excluding tert-OH is 1. The molecule has 1 aromatic rings. The molecular formula is C16H26FN3O. The summed E-state index contributed by atoms with van der Waals surface area (Å²) in [5.74, 6) is 0.481. The maximum absolute atomic E-state index is 12.9. The number of aliphatic hydroxyl groups is 1. The number of aliphatic imine (C=N–C) groups is 1. The molecule has 0 amide bonds. The molecule has 0 saturated carbocycles. The van der Waals surface area contributed by atoms with Crippen molar-refractivity contribution >= 4 is 5.96 Å². The SMILES string of the molecule is CCCCN(C)C(=NCC(O)c1ccc(F)cc1)NCC. The zero-order valence-electron chi connectivity index (χ0n) is 13.1. The quantitative estimate of drug-likeness (QED) is 0.600. The summed E-state index contributed by atoms with van der Waals surface area (Å²) in [7, 11) is 1.99. The van der Waals surface area contributed by atoms with E-state index in [0.29, 0.717) is 5.56 Å². The van der Waals surface area contributed by atoms with Crippen LogP contribution in [0.15, 0.2) is 29.3 Å². The number of nitrogens with zero attached hydrogens (tertiary/aromatic N) is 2. The van der Waals surface area contributed by atoms with Crippen molar-refractivity contribution < 1.29 is 9.50 Å². The van der Waals surface area contributed by atoms with E-state index in [1.807, 2.05) is 14.0 Å². The predicted octanol–water partition coefficient (Wildman–Crippen LogP) is 2.56. The molecule has 1 unspecified atom stereocenters. The van der Waals surface area contributed by atoms with Crippen LogP contribution in [-0.4, -0.2) is 42.6 Å². The highest BCUT2D eigenvalue weighted by Crippen LogP contribution is 2.13. The maximum Gasteiger partial charge on any atom is 0.193 e. The van der Waals surface area contributed by atoms with E-state index >= 15 is 0 Å². The van der Waals surface area contributed by atoms with Crippen molar-refractivity contribution in [3.63, 3.8) is 0 Å². The number of halogens is 1. The van der Waals surface area contributed by atoms with Gasteiger partial charge in [-0.3, -0.25) is 4.99 Å². The molecule has 0 aromatic heterocycles. The lowest BCUT2D eigenvalue weighted by Crippen LogP contribution is -2.39. The van der Waals surface area contributed by atoms with Gasteiger partial charge in [-0.1, -0.05) is 25.5 Å². The summed E-state index contributed by atoms with van der Waals surface area (Å²) in [5.41, 5.74) is 0.673. The summed E-state index contributed by atoms with van der Waals surface area (Å²) < 4.78 is 12.9. The molecule has 0 radical (unpaired) electrons. The third-order valence-electron chi connectivity index (χ3n) is 3.21. The average molecular weight is 295 g/mol. The Morgan fingerprint density at radius 2 is 2.00 bits per heavy atom. The first-order valence-electron chi connectivity index (χ1n) is 7.51. The zero-order valence-corrected chi connectivity index (χ0v) is 13.1. The van der Waals surface area contributed by atoms with E-state index in [0.717, 1.165) is 31.9 Å². The summed E-state index contributed by atoms with van der Waals surface area (Å²) >= 11 is 0. The fourth-order valence-electron chi connectivity index (χ4n) is 1.93. The van der Waals surface area contributed by atoms with Crippen LogP contribution in [0.3, 0.4) is 0 Å². The van der Waals surface area contributed by atoms with Gasteiger partial charge in [-0.05, 0) is 31.0 Å². The Balaban J connectivity index is 2.65. The Labute approximate surface area is 126 Å². The molecule has 1 atom stereocenters. The molecule has 0 aliphatic heterocycles. The van der Waals surface area contributed by atoms with Gasteiger partial charge >= 0.3 is 0 Å². The molecule has 0 bridgehead atoms. The molecule has 0 fully saturated rings. The average Bonchev–Trinajstić information content (AvgIpc) is 2.49. The van der Waals surface area contributed by atoms with E-state index in [-0.39, 0.29) is 12.4 Å². The smallest absolute Gasteiger partial charge is 0.193 e. The molecule has 21 heavy (non-hydrogen) atoms. The van der Waals surface area contributed by atoms with Crippen molar-refractivity contribution in [2.45, 2.75) is 32.8 Å². The molecule has 118 valence electrons. The van der Waals surface area contributed by atoms with E-state index in [4.69, 9.17) is 0 Å². The standard InChI is InChI=1S/C16H26FN3O/c1-4-6-11-20(3)16(18-5-2)19-12-15(21)13-7-9-14(17)10-8-13/h7-10,15,21H,4-6,11-12H2,1-3H3,(H,18,19). The van der Waals surface area contributed by atoms with Crippen LogP contribution in [0, 0.1) is 5.82 Å². The molecule has 0 aliphatic carbocycles. The number of nitrogens with one attached hydrogen (secondary N) is 1. The van der Waals surface area contributed by atoms with Gasteiger partial charge < -0.3 is 15.3 Å². The van der Waals surface area contributed by atoms with Crippen LogP contribution in [-0.2, 0) is 0 Å². The lowest BCUT2D eigenvalue weighted by Gasteiger charge is -2.22. The molecule has 5 heteroatoms. The molecular weight excluding hydrogens is 269 g/mol.